The van der Waals surface area contributed by atoms with Crippen LogP contribution >= 0.6 is 7.82 Å². The van der Waals surface area contributed by atoms with Crippen molar-refractivity contribution >= 4 is 25.7 Å². The van der Waals surface area contributed by atoms with Gasteiger partial charge in [-0.3, -0.25) is 37.5 Å². The second-order valence-electron chi connectivity index (χ2n) is 9.53. The van der Waals surface area contributed by atoms with Gasteiger partial charge in [0.2, 0.25) is 6.10 Å². The largest absolute Gasteiger partial charge is 0.476 e. The molecule has 1 aromatic rings. The van der Waals surface area contributed by atoms with E-state index < -0.39 is 91.5 Å². The van der Waals surface area contributed by atoms with Gasteiger partial charge in [-0.1, -0.05) is 0 Å². The normalized spacial score (nSPS) is 34.7. The first-order valence-corrected chi connectivity index (χ1v) is 13.0. The molecule has 4 rings (SSSR count). The van der Waals surface area contributed by atoms with Crippen LogP contribution in [-0.2, 0) is 51.5 Å². The molecule has 8 atom stereocenters. The Hall–Kier alpha value is -2.88. The van der Waals surface area contributed by atoms with Gasteiger partial charge in [0.15, 0.2) is 17.9 Å². The van der Waals surface area contributed by atoms with Crippen LogP contribution in [0.3, 0.4) is 0 Å². The van der Waals surface area contributed by atoms with Gasteiger partial charge in [0.05, 0.1) is 11.6 Å². The molecule has 17 heteroatoms. The number of aromatic nitrogens is 2. The molecule has 2 saturated heterocycles. The first kappa shape index (κ1) is 28.1. The molecule has 3 fully saturated rings. The molecule has 0 amide bonds. The van der Waals surface area contributed by atoms with Crippen molar-refractivity contribution in [2.24, 2.45) is 5.73 Å². The average molecular weight is 561 g/mol. The maximum Gasteiger partial charge on any atom is 0.476 e. The van der Waals surface area contributed by atoms with E-state index in [1.165, 1.54) is 13.1 Å². The Morgan fingerprint density at radius 1 is 1.16 bits per heavy atom. The maximum atomic E-state index is 13.4. The van der Waals surface area contributed by atoms with Gasteiger partial charge in [-0.15, -0.1) is 0 Å². The number of nitrogens with zero attached hydrogens (tertiary/aromatic N) is 1. The van der Waals surface area contributed by atoms with Crippen LogP contribution in [0.5, 0.6) is 0 Å². The molecular formula is C21H28N3O13P. The number of carbonyl (C=O) groups is 3. The summed E-state index contributed by atoms with van der Waals surface area (Å²) in [6, 6.07) is 1.11. The Morgan fingerprint density at radius 3 is 2.39 bits per heavy atom. The number of nitrogens with two attached hydrogens (primary N) is 1. The molecule has 2 aliphatic heterocycles. The van der Waals surface area contributed by atoms with Crippen LogP contribution in [0, 0.1) is 0 Å². The molecule has 38 heavy (non-hydrogen) atoms. The highest BCUT2D eigenvalue weighted by molar-refractivity contribution is 7.48. The first-order chi connectivity index (χ1) is 17.6. The molecule has 0 radical (unpaired) electrons. The fraction of sp³-hybridized carbons (Fsp3) is 0.667. The molecular weight excluding hydrogens is 533 g/mol. The zero-order chi connectivity index (χ0) is 28.2. The Kier molecular flexibility index (Phi) is 7.18. The summed E-state index contributed by atoms with van der Waals surface area (Å²) in [5.41, 5.74) is 2.14. The molecule has 210 valence electrons. The molecule has 0 aromatic carbocycles. The summed E-state index contributed by atoms with van der Waals surface area (Å²) in [4.78, 5) is 61.7. The number of hydrogen-bond acceptors (Lipinski definition) is 14. The number of H-pyrrole nitrogens is 1. The van der Waals surface area contributed by atoms with Gasteiger partial charge >= 0.3 is 31.4 Å². The van der Waals surface area contributed by atoms with E-state index in [0.29, 0.717) is 0 Å². The summed E-state index contributed by atoms with van der Waals surface area (Å²) in [5.74, 6) is -2.75. The van der Waals surface area contributed by atoms with Crippen molar-refractivity contribution in [3.8, 4) is 0 Å². The zero-order valence-corrected chi connectivity index (χ0v) is 22.0. The van der Waals surface area contributed by atoms with E-state index in [1.807, 2.05) is 0 Å². The predicted octanol–water partition coefficient (Wildman–Crippen LogP) is -0.741. The molecule has 1 saturated carbocycles. The number of ether oxygens (including phenoxy) is 4. The Bertz CT molecular complexity index is 1310. The molecule has 1 spiro atoms. The van der Waals surface area contributed by atoms with Crippen LogP contribution in [0.15, 0.2) is 21.9 Å². The van der Waals surface area contributed by atoms with Gasteiger partial charge in [-0.05, 0) is 20.8 Å². The van der Waals surface area contributed by atoms with Crippen molar-refractivity contribution in [1.82, 2.24) is 9.55 Å². The molecule has 0 bridgehead atoms. The van der Waals surface area contributed by atoms with E-state index >= 15 is 0 Å². The zero-order valence-electron chi connectivity index (χ0n) is 21.1. The van der Waals surface area contributed by atoms with Gasteiger partial charge in [0, 0.05) is 26.1 Å². The topological polar surface area (TPSA) is 214 Å². The summed E-state index contributed by atoms with van der Waals surface area (Å²) in [6.45, 7) is 5.94. The molecule has 1 aromatic heterocycles. The average Bonchev–Trinajstić information content (AvgIpc) is 3.10. The SMILES string of the molecule is CC(=O)O[C@@H](CO[P@]1(=O)OC2[C@H]3O[C@@H](n4ccc(=O)[nH]c4=O)[C@](C)(N)[C@@]23O1)[C@@H](OC(C)=O)C(=O)OC(C)C. The quantitative estimate of drug-likeness (QED) is 0.216. The van der Waals surface area contributed by atoms with Crippen LogP contribution < -0.4 is 17.0 Å². The van der Waals surface area contributed by atoms with Crippen LogP contribution in [0.1, 0.15) is 40.8 Å². The molecule has 1 aliphatic carbocycles. The summed E-state index contributed by atoms with van der Waals surface area (Å²) in [5, 5.41) is 0. The number of carbonyl (C=O) groups excluding carboxylic acids is 3. The minimum absolute atomic E-state index is 0.588. The van der Waals surface area contributed by atoms with E-state index in [-0.39, 0.29) is 0 Å². The van der Waals surface area contributed by atoms with E-state index in [0.717, 1.165) is 24.5 Å². The second-order valence-corrected chi connectivity index (χ2v) is 11.1. The fourth-order valence-electron chi connectivity index (χ4n) is 4.58. The van der Waals surface area contributed by atoms with E-state index in [2.05, 4.69) is 4.98 Å². The summed E-state index contributed by atoms with van der Waals surface area (Å²) in [7, 11) is -4.39. The van der Waals surface area contributed by atoms with Crippen LogP contribution in [0.2, 0.25) is 0 Å². The smallest absolute Gasteiger partial charge is 0.460 e. The number of hydrogen-bond donors (Lipinski definition) is 2. The number of nitrogens with one attached hydrogen (secondary N) is 1. The molecule has 3 heterocycles. The van der Waals surface area contributed by atoms with Crippen molar-refractivity contribution in [1.29, 1.82) is 0 Å². The number of esters is 3. The molecule has 16 nitrogen and oxygen atoms in total. The van der Waals surface area contributed by atoms with Crippen molar-refractivity contribution in [3.63, 3.8) is 0 Å². The summed E-state index contributed by atoms with van der Waals surface area (Å²) < 4.78 is 52.0. The maximum absolute atomic E-state index is 13.4. The van der Waals surface area contributed by atoms with E-state index in [1.54, 1.807) is 13.8 Å². The lowest BCUT2D eigenvalue weighted by Gasteiger charge is -2.33. The first-order valence-electron chi connectivity index (χ1n) is 11.6. The highest BCUT2D eigenvalue weighted by Gasteiger charge is 2.89. The number of fused-ring (bicyclic) bond motifs is 1. The van der Waals surface area contributed by atoms with Crippen LogP contribution in [-0.4, -0.2) is 75.7 Å². The van der Waals surface area contributed by atoms with Gasteiger partial charge < -0.3 is 24.7 Å². The Morgan fingerprint density at radius 2 is 1.82 bits per heavy atom. The van der Waals surface area contributed by atoms with Gasteiger partial charge in [0.1, 0.15) is 18.8 Å². The van der Waals surface area contributed by atoms with Gasteiger partial charge in [-0.25, -0.2) is 14.2 Å². The predicted molar refractivity (Wildman–Crippen MR) is 122 cm³/mol. The highest BCUT2D eigenvalue weighted by atomic mass is 31.2. The fourth-order valence-corrected chi connectivity index (χ4v) is 6.39. The minimum Gasteiger partial charge on any atom is -0.460 e. The Balaban J connectivity index is 1.51. The number of phosphoric ester groups is 1. The third kappa shape index (κ3) is 4.83. The third-order valence-electron chi connectivity index (χ3n) is 6.18. The van der Waals surface area contributed by atoms with E-state index in [9.17, 15) is 28.5 Å². The lowest BCUT2D eigenvalue weighted by atomic mass is 9.92. The highest BCUT2D eigenvalue weighted by Crippen LogP contribution is 2.77. The molecule has 1 unspecified atom stereocenters. The summed E-state index contributed by atoms with van der Waals surface area (Å²) >= 11 is 0. The third-order valence-corrected chi connectivity index (χ3v) is 7.66. The second kappa shape index (κ2) is 9.70. The lowest BCUT2D eigenvalue weighted by Crippen LogP contribution is -2.57. The van der Waals surface area contributed by atoms with Gasteiger partial charge in [0.25, 0.3) is 5.56 Å². The van der Waals surface area contributed by atoms with Crippen molar-refractivity contribution in [3.05, 3.63) is 33.1 Å². The van der Waals surface area contributed by atoms with Crippen LogP contribution in [0.25, 0.3) is 0 Å². The standard InChI is InChI=1S/C21H28N3O13P/c1-9(2)32-17(28)14(34-11(4)26)12(33-10(3)25)8-31-38(30)36-16-15-21(16,37-38)20(5,22)18(35-15)24-7-6-13(27)23-19(24)29/h6-7,9,12,14-16,18H,8,22H2,1-5H3,(H,23,27,29)/t12-,14+,15+,16?,18+,20-,21-,38+/m0/s1. The van der Waals surface area contributed by atoms with E-state index in [4.69, 9.17) is 38.3 Å². The van der Waals surface area contributed by atoms with Crippen molar-refractivity contribution in [2.75, 3.05) is 6.61 Å². The number of rotatable bonds is 9. The van der Waals surface area contributed by atoms with Gasteiger partial charge in [-0.2, -0.15) is 0 Å². The van der Waals surface area contributed by atoms with Crippen molar-refractivity contribution in [2.45, 2.75) is 82.5 Å². The molecule has 3 N–H and O–H groups in total. The molecule has 3 aliphatic rings. The minimum atomic E-state index is -4.39. The monoisotopic (exact) mass is 561 g/mol. The number of aromatic amines is 1. The number of phosphoric acid groups is 1. The van der Waals surface area contributed by atoms with Crippen molar-refractivity contribution < 1.29 is 51.5 Å². The summed E-state index contributed by atoms with van der Waals surface area (Å²) in [6.07, 6.45) is -5.55. The Labute approximate surface area is 215 Å². The van der Waals surface area contributed by atoms with Crippen LogP contribution in [0.4, 0.5) is 0 Å². The lowest BCUT2D eigenvalue weighted by molar-refractivity contribution is -0.185.